The van der Waals surface area contributed by atoms with Crippen LogP contribution in [0.2, 0.25) is 0 Å². The molecule has 0 bridgehead atoms. The van der Waals surface area contributed by atoms with Crippen LogP contribution < -0.4 is 10.5 Å². The van der Waals surface area contributed by atoms with E-state index >= 15 is 0 Å². The molecule has 0 saturated heterocycles. The minimum atomic E-state index is -0.0443. The van der Waals surface area contributed by atoms with Crippen LogP contribution in [0.3, 0.4) is 0 Å². The quantitative estimate of drug-likeness (QED) is 0.884. The molecule has 1 atom stereocenters. The molecule has 1 unspecified atom stereocenters. The van der Waals surface area contributed by atoms with E-state index in [0.717, 1.165) is 11.3 Å². The van der Waals surface area contributed by atoms with Crippen molar-refractivity contribution in [2.45, 2.75) is 13.0 Å². The Morgan fingerprint density at radius 1 is 1.19 bits per heavy atom. The van der Waals surface area contributed by atoms with Gasteiger partial charge in [-0.2, -0.15) is 11.3 Å². The van der Waals surface area contributed by atoms with Crippen molar-refractivity contribution in [2.24, 2.45) is 5.73 Å². The van der Waals surface area contributed by atoms with Gasteiger partial charge >= 0.3 is 0 Å². The second-order valence-electron chi connectivity index (χ2n) is 3.76. The third-order valence-electron chi connectivity index (χ3n) is 2.71. The molecule has 84 valence electrons. The monoisotopic (exact) mass is 233 g/mol. The van der Waals surface area contributed by atoms with E-state index < -0.39 is 0 Å². The number of nitrogens with two attached hydrogens (primary N) is 1. The van der Waals surface area contributed by atoms with Gasteiger partial charge in [0.25, 0.3) is 0 Å². The van der Waals surface area contributed by atoms with E-state index in [-0.39, 0.29) is 6.04 Å². The zero-order valence-corrected chi connectivity index (χ0v) is 10.3. The highest BCUT2D eigenvalue weighted by Crippen LogP contribution is 2.26. The Bertz CT molecular complexity index is 461. The lowest BCUT2D eigenvalue weighted by Crippen LogP contribution is -2.11. The Morgan fingerprint density at radius 3 is 2.38 bits per heavy atom. The Kier molecular flexibility index (Phi) is 3.27. The lowest BCUT2D eigenvalue weighted by atomic mass is 9.99. The molecule has 0 amide bonds. The van der Waals surface area contributed by atoms with E-state index in [1.54, 1.807) is 18.4 Å². The molecule has 16 heavy (non-hydrogen) atoms. The number of benzene rings is 1. The molecule has 2 nitrogen and oxygen atoms in total. The van der Waals surface area contributed by atoms with Crippen LogP contribution in [0.5, 0.6) is 5.75 Å². The summed E-state index contributed by atoms with van der Waals surface area (Å²) in [5.41, 5.74) is 9.79. The molecule has 3 heteroatoms. The van der Waals surface area contributed by atoms with Gasteiger partial charge in [0, 0.05) is 0 Å². The first-order chi connectivity index (χ1) is 7.72. The van der Waals surface area contributed by atoms with Gasteiger partial charge in [-0.1, -0.05) is 12.1 Å². The van der Waals surface area contributed by atoms with Gasteiger partial charge in [0.1, 0.15) is 5.75 Å². The molecule has 0 fully saturated rings. The van der Waals surface area contributed by atoms with Gasteiger partial charge in [0.05, 0.1) is 13.2 Å². The Balaban J connectivity index is 2.27. The first-order valence-electron chi connectivity index (χ1n) is 5.14. The van der Waals surface area contributed by atoms with Gasteiger partial charge in [-0.25, -0.2) is 0 Å². The van der Waals surface area contributed by atoms with Crippen LogP contribution in [-0.4, -0.2) is 7.11 Å². The summed E-state index contributed by atoms with van der Waals surface area (Å²) in [6.07, 6.45) is 0. The van der Waals surface area contributed by atoms with Crippen molar-refractivity contribution in [3.63, 3.8) is 0 Å². The van der Waals surface area contributed by atoms with Crippen molar-refractivity contribution in [1.82, 2.24) is 0 Å². The minimum Gasteiger partial charge on any atom is -0.497 e. The molecule has 0 saturated carbocycles. The summed E-state index contributed by atoms with van der Waals surface area (Å²) in [5, 5.41) is 4.24. The van der Waals surface area contributed by atoms with Gasteiger partial charge < -0.3 is 10.5 Å². The van der Waals surface area contributed by atoms with Gasteiger partial charge in [-0.05, 0) is 46.5 Å². The van der Waals surface area contributed by atoms with E-state index in [1.165, 1.54) is 11.1 Å². The zero-order valence-electron chi connectivity index (χ0n) is 9.44. The van der Waals surface area contributed by atoms with Gasteiger partial charge in [0.2, 0.25) is 0 Å². The number of rotatable bonds is 3. The lowest BCUT2D eigenvalue weighted by Gasteiger charge is -2.12. The highest BCUT2D eigenvalue weighted by Gasteiger charge is 2.11. The molecule has 2 rings (SSSR count). The van der Waals surface area contributed by atoms with Crippen LogP contribution >= 0.6 is 11.3 Å². The maximum Gasteiger partial charge on any atom is 0.118 e. The van der Waals surface area contributed by atoms with Gasteiger partial charge in [0.15, 0.2) is 0 Å². The van der Waals surface area contributed by atoms with Crippen LogP contribution in [0.4, 0.5) is 0 Å². The fraction of sp³-hybridized carbons (Fsp3) is 0.231. The number of thiophene rings is 1. The smallest absolute Gasteiger partial charge is 0.118 e. The standard InChI is InChI=1S/C13H15NOS/c1-9-7-16-8-12(9)13(14)10-3-5-11(15-2)6-4-10/h3-8,13H,14H2,1-2H3. The lowest BCUT2D eigenvalue weighted by molar-refractivity contribution is 0.414. The van der Waals surface area contributed by atoms with E-state index in [0.29, 0.717) is 0 Å². The fourth-order valence-electron chi connectivity index (χ4n) is 1.68. The van der Waals surface area contributed by atoms with E-state index in [4.69, 9.17) is 10.5 Å². The molecule has 0 radical (unpaired) electrons. The van der Waals surface area contributed by atoms with Crippen LogP contribution in [0.25, 0.3) is 0 Å². The van der Waals surface area contributed by atoms with Crippen molar-refractivity contribution in [3.05, 3.63) is 51.7 Å². The summed E-state index contributed by atoms with van der Waals surface area (Å²) in [7, 11) is 1.66. The third kappa shape index (κ3) is 2.10. The van der Waals surface area contributed by atoms with E-state index in [1.807, 2.05) is 24.3 Å². The molecule has 2 aromatic rings. The summed E-state index contributed by atoms with van der Waals surface area (Å²) in [6.45, 7) is 2.09. The molecule has 2 N–H and O–H groups in total. The average Bonchev–Trinajstić information content (AvgIpc) is 2.75. The average molecular weight is 233 g/mol. The summed E-state index contributed by atoms with van der Waals surface area (Å²) >= 11 is 1.69. The van der Waals surface area contributed by atoms with Crippen molar-refractivity contribution in [2.75, 3.05) is 7.11 Å². The molecule has 0 aliphatic carbocycles. The largest absolute Gasteiger partial charge is 0.497 e. The van der Waals surface area contributed by atoms with Crippen molar-refractivity contribution in [3.8, 4) is 5.75 Å². The summed E-state index contributed by atoms with van der Waals surface area (Å²) in [5.74, 6) is 0.859. The number of ether oxygens (including phenoxy) is 1. The number of aryl methyl sites for hydroxylation is 1. The van der Waals surface area contributed by atoms with Crippen molar-refractivity contribution < 1.29 is 4.74 Å². The Hall–Kier alpha value is -1.32. The van der Waals surface area contributed by atoms with E-state index in [9.17, 15) is 0 Å². The van der Waals surface area contributed by atoms with E-state index in [2.05, 4.69) is 17.7 Å². The highest BCUT2D eigenvalue weighted by atomic mass is 32.1. The second kappa shape index (κ2) is 4.68. The van der Waals surface area contributed by atoms with Crippen molar-refractivity contribution in [1.29, 1.82) is 0 Å². The predicted molar refractivity (Wildman–Crippen MR) is 68.1 cm³/mol. The molecule has 0 aliphatic heterocycles. The van der Waals surface area contributed by atoms with Gasteiger partial charge in [-0.3, -0.25) is 0 Å². The summed E-state index contributed by atoms with van der Waals surface area (Å²) in [4.78, 5) is 0. The Labute approximate surface area is 99.7 Å². The van der Waals surface area contributed by atoms with Crippen molar-refractivity contribution >= 4 is 11.3 Å². The Morgan fingerprint density at radius 2 is 1.88 bits per heavy atom. The SMILES string of the molecule is COc1ccc(C(N)c2cscc2C)cc1. The minimum absolute atomic E-state index is 0.0443. The molecule has 0 spiro atoms. The molecule has 1 heterocycles. The van der Waals surface area contributed by atoms with Gasteiger partial charge in [-0.15, -0.1) is 0 Å². The van der Waals surface area contributed by atoms with Crippen LogP contribution in [0.1, 0.15) is 22.7 Å². The maximum atomic E-state index is 6.22. The molecule has 1 aromatic carbocycles. The zero-order chi connectivity index (χ0) is 11.5. The van der Waals surface area contributed by atoms with Crippen LogP contribution in [0, 0.1) is 6.92 Å². The fourth-order valence-corrected chi connectivity index (χ4v) is 2.57. The number of hydrogen-bond acceptors (Lipinski definition) is 3. The highest BCUT2D eigenvalue weighted by molar-refractivity contribution is 7.08. The normalized spacial score (nSPS) is 12.4. The topological polar surface area (TPSA) is 35.2 Å². The third-order valence-corrected chi connectivity index (χ3v) is 3.58. The first kappa shape index (κ1) is 11.2. The van der Waals surface area contributed by atoms with Crippen LogP contribution in [-0.2, 0) is 0 Å². The first-order valence-corrected chi connectivity index (χ1v) is 6.09. The number of methoxy groups -OCH3 is 1. The molecular weight excluding hydrogens is 218 g/mol. The summed E-state index contributed by atoms with van der Waals surface area (Å²) in [6, 6.07) is 7.87. The molecule has 0 aliphatic rings. The second-order valence-corrected chi connectivity index (χ2v) is 4.50. The summed E-state index contributed by atoms with van der Waals surface area (Å²) < 4.78 is 5.12. The molecule has 1 aromatic heterocycles. The number of hydrogen-bond donors (Lipinski definition) is 1. The maximum absolute atomic E-state index is 6.22. The molecular formula is C13H15NOS. The predicted octanol–water partition coefficient (Wildman–Crippen LogP) is 3.11. The van der Waals surface area contributed by atoms with Crippen LogP contribution in [0.15, 0.2) is 35.0 Å².